The van der Waals surface area contributed by atoms with Gasteiger partial charge in [0.2, 0.25) is 0 Å². The second kappa shape index (κ2) is 6.51. The Morgan fingerprint density at radius 2 is 2.45 bits per heavy atom. The Labute approximate surface area is 135 Å². The van der Waals surface area contributed by atoms with Crippen LogP contribution in [0.25, 0.3) is 0 Å². The molecule has 2 rings (SSSR count). The highest BCUT2D eigenvalue weighted by Crippen LogP contribution is 2.33. The van der Waals surface area contributed by atoms with Gasteiger partial charge in [0.05, 0.1) is 11.6 Å². The van der Waals surface area contributed by atoms with Gasteiger partial charge in [-0.1, -0.05) is 12.7 Å². The van der Waals surface area contributed by atoms with E-state index in [0.717, 1.165) is 9.35 Å². The zero-order valence-corrected chi connectivity index (χ0v) is 14.0. The molecule has 1 aliphatic rings. The lowest BCUT2D eigenvalue weighted by Crippen LogP contribution is -2.44. The summed E-state index contributed by atoms with van der Waals surface area (Å²) in [6.07, 6.45) is 1.54. The number of carbonyl (C=O) groups is 1. The highest BCUT2D eigenvalue weighted by atomic mass is 79.9. The van der Waals surface area contributed by atoms with Gasteiger partial charge in [-0.05, 0) is 41.1 Å². The molecule has 106 valence electrons. The molecule has 1 aromatic heterocycles. The molecule has 0 spiro atoms. The van der Waals surface area contributed by atoms with E-state index in [4.69, 9.17) is 17.0 Å². The smallest absolute Gasteiger partial charge is 0.338 e. The molecule has 2 heterocycles. The zero-order valence-electron chi connectivity index (χ0n) is 10.7. The summed E-state index contributed by atoms with van der Waals surface area (Å²) in [6, 6.07) is 1.67. The minimum absolute atomic E-state index is 0.181. The van der Waals surface area contributed by atoms with Gasteiger partial charge in [-0.15, -0.1) is 11.3 Å². The molecule has 1 aliphatic heterocycles. The minimum Gasteiger partial charge on any atom is -0.458 e. The Kier molecular flexibility index (Phi) is 4.95. The second-order valence-corrected chi connectivity index (χ2v) is 6.39. The van der Waals surface area contributed by atoms with Gasteiger partial charge in [0.15, 0.2) is 5.11 Å². The van der Waals surface area contributed by atoms with Crippen LogP contribution in [0.1, 0.15) is 17.8 Å². The average molecular weight is 373 g/mol. The van der Waals surface area contributed by atoms with Crippen LogP contribution in [0, 0.1) is 0 Å². The van der Waals surface area contributed by atoms with Crippen molar-refractivity contribution in [3.05, 3.63) is 44.7 Å². The van der Waals surface area contributed by atoms with Crippen molar-refractivity contribution < 1.29 is 9.53 Å². The van der Waals surface area contributed by atoms with Gasteiger partial charge in [0.1, 0.15) is 6.61 Å². The molecule has 0 bridgehead atoms. The van der Waals surface area contributed by atoms with Crippen molar-refractivity contribution in [3.63, 3.8) is 0 Å². The third-order valence-corrected chi connectivity index (χ3v) is 4.67. The number of nitrogens with one attached hydrogen (secondary N) is 2. The molecule has 0 amide bonds. The normalized spacial score (nSPS) is 18.3. The van der Waals surface area contributed by atoms with E-state index in [-0.39, 0.29) is 18.6 Å². The Morgan fingerprint density at radius 1 is 1.70 bits per heavy atom. The first-order valence-electron chi connectivity index (χ1n) is 5.83. The van der Waals surface area contributed by atoms with Crippen molar-refractivity contribution in [2.45, 2.75) is 13.0 Å². The van der Waals surface area contributed by atoms with Crippen LogP contribution in [0.4, 0.5) is 0 Å². The molecule has 0 aliphatic carbocycles. The van der Waals surface area contributed by atoms with E-state index in [9.17, 15) is 4.79 Å². The number of hydrogen-bond acceptors (Lipinski definition) is 4. The number of thiocarbonyl (C=S) groups is 1. The van der Waals surface area contributed by atoms with Gasteiger partial charge < -0.3 is 15.4 Å². The number of carbonyl (C=O) groups excluding carboxylic acids is 1. The summed E-state index contributed by atoms with van der Waals surface area (Å²) in [6.45, 7) is 5.53. The lowest BCUT2D eigenvalue weighted by molar-refractivity contribution is -0.138. The summed E-state index contributed by atoms with van der Waals surface area (Å²) >= 11 is 10.1. The Bertz CT molecular complexity index is 595. The van der Waals surface area contributed by atoms with Gasteiger partial charge in [-0.2, -0.15) is 0 Å². The predicted molar refractivity (Wildman–Crippen MR) is 87.5 cm³/mol. The largest absolute Gasteiger partial charge is 0.458 e. The van der Waals surface area contributed by atoms with Crippen LogP contribution >= 0.6 is 39.5 Å². The number of halogens is 1. The molecule has 0 fully saturated rings. The maximum Gasteiger partial charge on any atom is 0.338 e. The van der Waals surface area contributed by atoms with E-state index in [2.05, 4.69) is 33.1 Å². The van der Waals surface area contributed by atoms with Crippen LogP contribution in [0.3, 0.4) is 0 Å². The number of rotatable bonds is 4. The Morgan fingerprint density at radius 3 is 3.05 bits per heavy atom. The summed E-state index contributed by atoms with van der Waals surface area (Å²) in [7, 11) is 0. The highest BCUT2D eigenvalue weighted by Gasteiger charge is 2.31. The summed E-state index contributed by atoms with van der Waals surface area (Å²) < 4.78 is 6.12. The summed E-state index contributed by atoms with van der Waals surface area (Å²) in [4.78, 5) is 13.2. The van der Waals surface area contributed by atoms with E-state index in [1.54, 1.807) is 17.4 Å². The SMILES string of the molecule is C=CCOC(=O)C1=C(C)NC(=S)N[C@H]1c1cc(Br)cs1. The summed E-state index contributed by atoms with van der Waals surface area (Å²) in [5, 5.41) is 8.53. The fraction of sp³-hybridized carbons (Fsp3) is 0.231. The second-order valence-electron chi connectivity index (χ2n) is 4.12. The first kappa shape index (κ1) is 15.2. The summed E-state index contributed by atoms with van der Waals surface area (Å²) in [5.41, 5.74) is 1.24. The van der Waals surface area contributed by atoms with Crippen LogP contribution in [-0.2, 0) is 9.53 Å². The van der Waals surface area contributed by atoms with Crippen LogP contribution in [0.2, 0.25) is 0 Å². The van der Waals surface area contributed by atoms with Crippen molar-refractivity contribution in [2.24, 2.45) is 0 Å². The van der Waals surface area contributed by atoms with Crippen LogP contribution < -0.4 is 10.6 Å². The monoisotopic (exact) mass is 372 g/mol. The number of allylic oxidation sites excluding steroid dienone is 1. The molecule has 0 aromatic carbocycles. The maximum absolute atomic E-state index is 12.2. The van der Waals surface area contributed by atoms with E-state index in [0.29, 0.717) is 16.4 Å². The molecule has 0 unspecified atom stereocenters. The van der Waals surface area contributed by atoms with Crippen molar-refractivity contribution in [1.82, 2.24) is 10.6 Å². The third-order valence-electron chi connectivity index (χ3n) is 2.69. The molecule has 7 heteroatoms. The van der Waals surface area contributed by atoms with Crippen LogP contribution in [0.15, 0.2) is 39.8 Å². The molecule has 1 aromatic rings. The highest BCUT2D eigenvalue weighted by molar-refractivity contribution is 9.10. The number of thiophene rings is 1. The summed E-state index contributed by atoms with van der Waals surface area (Å²) in [5.74, 6) is -0.376. The zero-order chi connectivity index (χ0) is 14.7. The fourth-order valence-corrected chi connectivity index (χ4v) is 3.64. The third kappa shape index (κ3) is 3.28. The molecular weight excluding hydrogens is 360 g/mol. The number of ether oxygens (including phenoxy) is 1. The van der Waals surface area contributed by atoms with Gasteiger partial charge in [-0.3, -0.25) is 0 Å². The quantitative estimate of drug-likeness (QED) is 0.483. The lowest BCUT2D eigenvalue weighted by Gasteiger charge is -2.28. The molecule has 0 radical (unpaired) electrons. The molecule has 2 N–H and O–H groups in total. The minimum atomic E-state index is -0.376. The molecular formula is C13H13BrN2O2S2. The van der Waals surface area contributed by atoms with Gasteiger partial charge in [-0.25, -0.2) is 4.79 Å². The Hall–Kier alpha value is -1.18. The molecule has 1 atom stereocenters. The van der Waals surface area contributed by atoms with Gasteiger partial charge >= 0.3 is 5.97 Å². The van der Waals surface area contributed by atoms with E-state index in [1.165, 1.54) is 0 Å². The standard InChI is InChI=1S/C13H13BrN2O2S2/c1-3-4-18-12(17)10-7(2)15-13(19)16-11(10)9-5-8(14)6-20-9/h3,5-6,11H,1,4H2,2H3,(H2,15,16,19)/t11-/m0/s1. The molecule has 4 nitrogen and oxygen atoms in total. The van der Waals surface area contributed by atoms with Crippen molar-refractivity contribution >= 4 is 50.6 Å². The van der Waals surface area contributed by atoms with Gasteiger partial charge in [0.25, 0.3) is 0 Å². The predicted octanol–water partition coefficient (Wildman–Crippen LogP) is 3.03. The lowest BCUT2D eigenvalue weighted by atomic mass is 10.0. The van der Waals surface area contributed by atoms with Gasteiger partial charge in [0, 0.05) is 20.4 Å². The first-order valence-corrected chi connectivity index (χ1v) is 7.91. The molecule has 20 heavy (non-hydrogen) atoms. The van der Waals surface area contributed by atoms with Crippen molar-refractivity contribution in [3.8, 4) is 0 Å². The van der Waals surface area contributed by atoms with Crippen LogP contribution in [0.5, 0.6) is 0 Å². The Balaban J connectivity index is 2.36. The van der Waals surface area contributed by atoms with E-state index >= 15 is 0 Å². The average Bonchev–Trinajstić information content (AvgIpc) is 2.81. The topological polar surface area (TPSA) is 50.4 Å². The number of esters is 1. The molecule has 0 saturated heterocycles. The fourth-order valence-electron chi connectivity index (χ4n) is 1.87. The molecule has 0 saturated carbocycles. The van der Waals surface area contributed by atoms with E-state index in [1.807, 2.05) is 18.4 Å². The van der Waals surface area contributed by atoms with E-state index < -0.39 is 0 Å². The van der Waals surface area contributed by atoms with Crippen molar-refractivity contribution in [1.29, 1.82) is 0 Å². The first-order chi connectivity index (χ1) is 9.52. The maximum atomic E-state index is 12.2. The van der Waals surface area contributed by atoms with Crippen molar-refractivity contribution in [2.75, 3.05) is 6.61 Å². The number of hydrogen-bond donors (Lipinski definition) is 2. The van der Waals surface area contributed by atoms with Crippen LogP contribution in [-0.4, -0.2) is 17.7 Å².